The summed E-state index contributed by atoms with van der Waals surface area (Å²) in [4.78, 5) is 22.2. The van der Waals surface area contributed by atoms with Crippen LogP contribution in [0.25, 0.3) is 10.2 Å². The number of aromatic nitrogens is 1. The smallest absolute Gasteiger partial charge is 0.261 e. The van der Waals surface area contributed by atoms with E-state index in [1.807, 2.05) is 0 Å². The average Bonchev–Trinajstić information content (AvgIpc) is 3.33. The summed E-state index contributed by atoms with van der Waals surface area (Å²) in [7, 11) is -3.74. The van der Waals surface area contributed by atoms with Gasteiger partial charge in [0, 0.05) is 55.5 Å². The third-order valence-electron chi connectivity index (χ3n) is 6.41. The number of piperazine rings is 1. The molecule has 1 saturated heterocycles. The summed E-state index contributed by atoms with van der Waals surface area (Å²) in [5, 5.41) is 4.48. The predicted molar refractivity (Wildman–Crippen MR) is 161 cm³/mol. The van der Waals surface area contributed by atoms with Gasteiger partial charge in [0.25, 0.3) is 15.9 Å². The highest BCUT2D eigenvalue weighted by Gasteiger charge is 2.20. The van der Waals surface area contributed by atoms with E-state index >= 15 is 0 Å². The van der Waals surface area contributed by atoms with Crippen LogP contribution in [0.5, 0.6) is 0 Å². The Kier molecular flexibility index (Phi) is 9.35. The number of carbonyl (C=O) groups excluding carboxylic acids is 1. The minimum atomic E-state index is -3.74. The number of thiazole rings is 1. The zero-order chi connectivity index (χ0) is 26.7. The number of aryl methyl sites for hydroxylation is 1. The average molecular weight is 607 g/mol. The van der Waals surface area contributed by atoms with E-state index in [-0.39, 0.29) is 23.2 Å². The van der Waals surface area contributed by atoms with Crippen molar-refractivity contribution in [3.63, 3.8) is 0 Å². The number of anilines is 2. The molecule has 4 aromatic rings. The molecule has 0 saturated carbocycles. The van der Waals surface area contributed by atoms with Gasteiger partial charge in [0.05, 0.1) is 15.1 Å². The minimum Gasteiger partial charge on any atom is -0.351 e. The van der Waals surface area contributed by atoms with Crippen LogP contribution in [0.15, 0.2) is 71.6 Å². The topological polar surface area (TPSA) is 94.6 Å². The molecule has 0 bridgehead atoms. The number of fused-ring (bicyclic) bond motifs is 1. The molecule has 0 radical (unpaired) electrons. The van der Waals surface area contributed by atoms with Crippen LogP contribution in [-0.4, -0.2) is 63.5 Å². The Morgan fingerprint density at radius 3 is 2.38 bits per heavy atom. The summed E-state index contributed by atoms with van der Waals surface area (Å²) in [6.07, 6.45) is 0. The Bertz CT molecular complexity index is 1540. The fraction of sp³-hybridized carbons (Fsp3) is 0.259. The standard InChI is InChI=1S/C27H28ClN5O3S2.ClH/c1-19-2-11-24-25(18-19)37-27(30-24)33-16-14-32(15-17-33)13-12-29-26(34)20-3-7-22(8-4-20)31-38(35,36)23-9-5-21(28)6-10-23;/h2-11,18,31H,12-17H2,1H3,(H,29,34);1H. The highest BCUT2D eigenvalue weighted by atomic mass is 35.5. The number of nitrogens with zero attached hydrogens (tertiary/aromatic N) is 3. The van der Waals surface area contributed by atoms with Gasteiger partial charge in [-0.3, -0.25) is 14.4 Å². The number of benzene rings is 3. The van der Waals surface area contributed by atoms with Crippen molar-refractivity contribution < 1.29 is 13.2 Å². The van der Waals surface area contributed by atoms with Crippen LogP contribution in [-0.2, 0) is 10.0 Å². The third kappa shape index (κ3) is 7.20. The highest BCUT2D eigenvalue weighted by Crippen LogP contribution is 2.30. The summed E-state index contributed by atoms with van der Waals surface area (Å²) >= 11 is 7.57. The van der Waals surface area contributed by atoms with Crippen LogP contribution in [0.1, 0.15) is 15.9 Å². The van der Waals surface area contributed by atoms with Gasteiger partial charge in [-0.05, 0) is 73.2 Å². The van der Waals surface area contributed by atoms with Crippen molar-refractivity contribution in [2.45, 2.75) is 11.8 Å². The lowest BCUT2D eigenvalue weighted by Gasteiger charge is -2.34. The molecule has 3 aromatic carbocycles. The summed E-state index contributed by atoms with van der Waals surface area (Å²) < 4.78 is 28.8. The number of nitrogens with one attached hydrogen (secondary N) is 2. The minimum absolute atomic E-state index is 0. The number of halogens is 2. The molecule has 39 heavy (non-hydrogen) atoms. The molecule has 8 nitrogen and oxygen atoms in total. The first kappa shape index (κ1) is 29.1. The molecular weight excluding hydrogens is 577 g/mol. The second kappa shape index (κ2) is 12.5. The fourth-order valence-corrected chi connectivity index (χ4v) is 6.56. The lowest BCUT2D eigenvalue weighted by molar-refractivity contribution is 0.0948. The Balaban J connectivity index is 0.00000353. The molecule has 2 N–H and O–H groups in total. The second-order valence-electron chi connectivity index (χ2n) is 9.19. The first-order valence-corrected chi connectivity index (χ1v) is 15.0. The van der Waals surface area contributed by atoms with Crippen molar-refractivity contribution in [3.8, 4) is 0 Å². The number of amides is 1. The summed E-state index contributed by atoms with van der Waals surface area (Å²) in [5.41, 5.74) is 3.13. The van der Waals surface area contributed by atoms with Crippen LogP contribution in [0.4, 0.5) is 10.8 Å². The molecule has 5 rings (SSSR count). The molecule has 1 aliphatic rings. The van der Waals surface area contributed by atoms with Crippen molar-refractivity contribution in [2.24, 2.45) is 0 Å². The van der Waals surface area contributed by atoms with E-state index in [0.29, 0.717) is 22.8 Å². The van der Waals surface area contributed by atoms with Crippen LogP contribution in [0.2, 0.25) is 5.02 Å². The van der Waals surface area contributed by atoms with Gasteiger partial charge in [0.2, 0.25) is 0 Å². The van der Waals surface area contributed by atoms with Crippen LogP contribution < -0.4 is 14.9 Å². The Morgan fingerprint density at radius 1 is 1.00 bits per heavy atom. The van der Waals surface area contributed by atoms with Crippen molar-refractivity contribution in [1.82, 2.24) is 15.2 Å². The molecule has 2 heterocycles. The SMILES string of the molecule is Cc1ccc2nc(N3CCN(CCNC(=O)c4ccc(NS(=O)(=O)c5ccc(Cl)cc5)cc4)CC3)sc2c1.Cl. The third-order valence-corrected chi connectivity index (χ3v) is 9.14. The van der Waals surface area contributed by atoms with Crippen LogP contribution in [0.3, 0.4) is 0 Å². The van der Waals surface area contributed by atoms with Gasteiger partial charge >= 0.3 is 0 Å². The van der Waals surface area contributed by atoms with E-state index in [0.717, 1.165) is 43.4 Å². The number of hydrogen-bond acceptors (Lipinski definition) is 7. The maximum absolute atomic E-state index is 12.6. The molecule has 1 fully saturated rings. The monoisotopic (exact) mass is 605 g/mol. The Hall–Kier alpha value is -2.89. The largest absolute Gasteiger partial charge is 0.351 e. The summed E-state index contributed by atoms with van der Waals surface area (Å²) in [5.74, 6) is -0.194. The van der Waals surface area contributed by atoms with Crippen molar-refractivity contribution >= 4 is 72.3 Å². The van der Waals surface area contributed by atoms with Gasteiger partial charge in [-0.15, -0.1) is 12.4 Å². The van der Waals surface area contributed by atoms with Gasteiger partial charge < -0.3 is 10.2 Å². The van der Waals surface area contributed by atoms with Crippen molar-refractivity contribution in [3.05, 3.63) is 82.9 Å². The first-order valence-electron chi connectivity index (χ1n) is 12.3. The van der Waals surface area contributed by atoms with E-state index < -0.39 is 10.0 Å². The van der Waals surface area contributed by atoms with Crippen LogP contribution >= 0.6 is 35.3 Å². The van der Waals surface area contributed by atoms with Gasteiger partial charge in [0.15, 0.2) is 5.13 Å². The van der Waals surface area contributed by atoms with Gasteiger partial charge in [-0.1, -0.05) is 29.0 Å². The lowest BCUT2D eigenvalue weighted by atomic mass is 10.2. The second-order valence-corrected chi connectivity index (χ2v) is 12.3. The van der Waals surface area contributed by atoms with Gasteiger partial charge in [0.1, 0.15) is 0 Å². The quantitative estimate of drug-likeness (QED) is 0.292. The van der Waals surface area contributed by atoms with E-state index in [2.05, 4.69) is 45.0 Å². The number of carbonyl (C=O) groups is 1. The maximum atomic E-state index is 12.6. The molecule has 0 aliphatic carbocycles. The lowest BCUT2D eigenvalue weighted by Crippen LogP contribution is -2.48. The normalized spacial score (nSPS) is 14.2. The van der Waals surface area contributed by atoms with Crippen molar-refractivity contribution in [2.75, 3.05) is 48.9 Å². The first-order chi connectivity index (χ1) is 18.3. The zero-order valence-electron chi connectivity index (χ0n) is 21.3. The molecular formula is C27H29Cl2N5O3S2. The van der Waals surface area contributed by atoms with Gasteiger partial charge in [-0.2, -0.15) is 0 Å². The van der Waals surface area contributed by atoms with E-state index in [9.17, 15) is 13.2 Å². The number of sulfonamides is 1. The Labute approximate surface area is 243 Å². The molecule has 12 heteroatoms. The Morgan fingerprint density at radius 2 is 1.69 bits per heavy atom. The predicted octanol–water partition coefficient (Wildman–Crippen LogP) is 5.03. The molecule has 1 amide bonds. The number of rotatable bonds is 8. The fourth-order valence-electron chi connectivity index (χ4n) is 4.26. The molecule has 1 aromatic heterocycles. The summed E-state index contributed by atoms with van der Waals surface area (Å²) in [6.45, 7) is 7.02. The maximum Gasteiger partial charge on any atom is 0.261 e. The van der Waals surface area contributed by atoms with Gasteiger partial charge in [-0.25, -0.2) is 13.4 Å². The molecule has 0 spiro atoms. The van der Waals surface area contributed by atoms with E-state index in [1.165, 1.54) is 34.5 Å². The highest BCUT2D eigenvalue weighted by molar-refractivity contribution is 7.92. The van der Waals surface area contributed by atoms with E-state index in [4.69, 9.17) is 16.6 Å². The molecule has 0 unspecified atom stereocenters. The molecule has 0 atom stereocenters. The molecule has 206 valence electrons. The number of hydrogen-bond donors (Lipinski definition) is 2. The zero-order valence-corrected chi connectivity index (χ0v) is 24.5. The summed E-state index contributed by atoms with van der Waals surface area (Å²) in [6, 6.07) is 18.6. The van der Waals surface area contributed by atoms with E-state index in [1.54, 1.807) is 35.6 Å². The van der Waals surface area contributed by atoms with Crippen molar-refractivity contribution in [1.29, 1.82) is 0 Å². The van der Waals surface area contributed by atoms with Crippen LogP contribution in [0, 0.1) is 6.92 Å². The molecule has 1 aliphatic heterocycles.